The Hall–Kier alpha value is -3.78. The van der Waals surface area contributed by atoms with Crippen LogP contribution >= 0.6 is 0 Å². The van der Waals surface area contributed by atoms with Crippen LogP contribution in [0.25, 0.3) is 61.4 Å². The fourth-order valence-electron chi connectivity index (χ4n) is 6.23. The first kappa shape index (κ1) is 17.9. The molecule has 0 amide bonds. The van der Waals surface area contributed by atoms with E-state index in [0.29, 0.717) is 0 Å². The van der Waals surface area contributed by atoms with Gasteiger partial charge in [0.05, 0.1) is 16.6 Å². The standard InChI is InChI=1S/C30H24N2/c1-4-10-24-19(5-2)22-17-23-27-20-12-7-6-11-18(20)15-16-26(27)32-25-14-9-8-13-21(25)28(30(23)32)29(22)31(24)3/h4-14,17H,2,15-16H2,1,3H3/b10-4-. The van der Waals surface area contributed by atoms with Gasteiger partial charge in [0.25, 0.3) is 0 Å². The monoisotopic (exact) mass is 412 g/mol. The second-order valence-electron chi connectivity index (χ2n) is 8.94. The highest BCUT2D eigenvalue weighted by Gasteiger charge is 2.29. The molecule has 6 aromatic rings. The highest BCUT2D eigenvalue weighted by Crippen LogP contribution is 2.49. The van der Waals surface area contributed by atoms with Gasteiger partial charge < -0.3 is 8.97 Å². The fraction of sp³-hybridized carbons (Fsp3) is 0.133. The van der Waals surface area contributed by atoms with Gasteiger partial charge in [0, 0.05) is 51.1 Å². The summed E-state index contributed by atoms with van der Waals surface area (Å²) in [5.74, 6) is 0. The Balaban J connectivity index is 1.82. The maximum absolute atomic E-state index is 4.19. The number of rotatable bonds is 2. The molecule has 0 saturated carbocycles. The van der Waals surface area contributed by atoms with Gasteiger partial charge in [-0.15, -0.1) is 0 Å². The van der Waals surface area contributed by atoms with E-state index >= 15 is 0 Å². The predicted octanol–water partition coefficient (Wildman–Crippen LogP) is 7.62. The van der Waals surface area contributed by atoms with Crippen molar-refractivity contribution < 1.29 is 0 Å². The first-order chi connectivity index (χ1) is 15.7. The summed E-state index contributed by atoms with van der Waals surface area (Å²) in [6, 6.07) is 20.3. The number of nitrogens with zero attached hydrogens (tertiary/aromatic N) is 2. The molecule has 0 fully saturated rings. The Labute approximate surface area is 187 Å². The highest BCUT2D eigenvalue weighted by molar-refractivity contribution is 6.29. The SMILES string of the molecule is C=Cc1c(/C=C\C)n(C)c2c1cc1c3c(n4c5ccccc5c2c14)CCc1ccccc1-3. The van der Waals surface area contributed by atoms with Gasteiger partial charge in [0.1, 0.15) is 0 Å². The van der Waals surface area contributed by atoms with Crippen molar-refractivity contribution >= 4 is 50.2 Å². The number of hydrogen-bond donors (Lipinski definition) is 0. The Morgan fingerprint density at radius 2 is 1.72 bits per heavy atom. The van der Waals surface area contributed by atoms with Crippen LogP contribution in [0.2, 0.25) is 0 Å². The average molecular weight is 413 g/mol. The molecule has 3 aromatic carbocycles. The fourth-order valence-corrected chi connectivity index (χ4v) is 6.23. The minimum atomic E-state index is 1.07. The van der Waals surface area contributed by atoms with Crippen molar-refractivity contribution in [2.75, 3.05) is 0 Å². The predicted molar refractivity (Wildman–Crippen MR) is 138 cm³/mol. The lowest BCUT2D eigenvalue weighted by atomic mass is 9.87. The minimum Gasteiger partial charge on any atom is -0.343 e. The van der Waals surface area contributed by atoms with Crippen molar-refractivity contribution in [3.63, 3.8) is 0 Å². The van der Waals surface area contributed by atoms with Gasteiger partial charge in [0.15, 0.2) is 0 Å². The molecule has 0 N–H and O–H groups in total. The molecule has 0 bridgehead atoms. The molecule has 154 valence electrons. The summed E-state index contributed by atoms with van der Waals surface area (Å²) in [6.45, 7) is 6.27. The Bertz CT molecular complexity index is 1750. The average Bonchev–Trinajstić information content (AvgIpc) is 3.43. The molecule has 3 heterocycles. The largest absolute Gasteiger partial charge is 0.343 e. The summed E-state index contributed by atoms with van der Waals surface area (Å²) in [6.07, 6.45) is 8.51. The molecule has 0 unspecified atom stereocenters. The molecule has 0 atom stereocenters. The Kier molecular flexibility index (Phi) is 3.42. The molecule has 0 aliphatic heterocycles. The number of para-hydroxylation sites is 1. The van der Waals surface area contributed by atoms with E-state index in [-0.39, 0.29) is 0 Å². The van der Waals surface area contributed by atoms with E-state index in [1.54, 1.807) is 0 Å². The topological polar surface area (TPSA) is 9.34 Å². The number of fused-ring (bicyclic) bond motifs is 10. The molecular formula is C30H24N2. The number of aryl methyl sites for hydroxylation is 3. The van der Waals surface area contributed by atoms with E-state index in [1.165, 1.54) is 71.7 Å². The van der Waals surface area contributed by atoms with E-state index in [9.17, 15) is 0 Å². The molecular weight excluding hydrogens is 388 g/mol. The van der Waals surface area contributed by atoms with Crippen LogP contribution in [0, 0.1) is 0 Å². The molecule has 0 saturated heterocycles. The van der Waals surface area contributed by atoms with Crippen molar-refractivity contribution in [3.05, 3.63) is 89.8 Å². The number of allylic oxidation sites excluding steroid dienone is 1. The van der Waals surface area contributed by atoms with Gasteiger partial charge in [-0.3, -0.25) is 0 Å². The van der Waals surface area contributed by atoms with Gasteiger partial charge in [-0.05, 0) is 49.1 Å². The third kappa shape index (κ3) is 1.96. The number of aromatic nitrogens is 2. The Morgan fingerprint density at radius 1 is 0.906 bits per heavy atom. The minimum absolute atomic E-state index is 1.07. The van der Waals surface area contributed by atoms with Crippen molar-refractivity contribution in [1.29, 1.82) is 0 Å². The molecule has 2 nitrogen and oxygen atoms in total. The maximum atomic E-state index is 4.19. The first-order valence-corrected chi connectivity index (χ1v) is 11.4. The van der Waals surface area contributed by atoms with E-state index < -0.39 is 0 Å². The van der Waals surface area contributed by atoms with E-state index in [1.807, 2.05) is 6.08 Å². The zero-order valence-electron chi connectivity index (χ0n) is 18.4. The van der Waals surface area contributed by atoms with Crippen LogP contribution in [0.1, 0.15) is 29.4 Å². The van der Waals surface area contributed by atoms with Gasteiger partial charge >= 0.3 is 0 Å². The normalized spacial score (nSPS) is 13.7. The summed E-state index contributed by atoms with van der Waals surface area (Å²) < 4.78 is 4.91. The maximum Gasteiger partial charge on any atom is 0.0638 e. The van der Waals surface area contributed by atoms with Crippen LogP contribution in [0.5, 0.6) is 0 Å². The lowest BCUT2D eigenvalue weighted by Crippen LogP contribution is -2.04. The van der Waals surface area contributed by atoms with Crippen molar-refractivity contribution in [2.45, 2.75) is 19.8 Å². The summed E-state index contributed by atoms with van der Waals surface area (Å²) >= 11 is 0. The molecule has 2 heteroatoms. The van der Waals surface area contributed by atoms with Crippen molar-refractivity contribution in [2.24, 2.45) is 7.05 Å². The van der Waals surface area contributed by atoms with Crippen LogP contribution in [0.15, 0.2) is 67.3 Å². The molecule has 32 heavy (non-hydrogen) atoms. The van der Waals surface area contributed by atoms with Crippen molar-refractivity contribution in [3.8, 4) is 11.1 Å². The highest BCUT2D eigenvalue weighted by atomic mass is 15.0. The van der Waals surface area contributed by atoms with Gasteiger partial charge in [0.2, 0.25) is 0 Å². The molecule has 0 spiro atoms. The van der Waals surface area contributed by atoms with Crippen LogP contribution in [-0.2, 0) is 19.9 Å². The summed E-state index contributed by atoms with van der Waals surface area (Å²) in [5, 5.41) is 5.36. The molecule has 3 aromatic heterocycles. The van der Waals surface area contributed by atoms with Crippen LogP contribution < -0.4 is 0 Å². The van der Waals surface area contributed by atoms with Gasteiger partial charge in [-0.2, -0.15) is 0 Å². The van der Waals surface area contributed by atoms with Gasteiger partial charge in [-0.1, -0.05) is 61.2 Å². The van der Waals surface area contributed by atoms with Crippen LogP contribution in [0.4, 0.5) is 0 Å². The van der Waals surface area contributed by atoms with E-state index in [0.717, 1.165) is 12.8 Å². The second-order valence-corrected chi connectivity index (χ2v) is 8.94. The first-order valence-electron chi connectivity index (χ1n) is 11.4. The molecule has 1 aliphatic carbocycles. The number of hydrogen-bond acceptors (Lipinski definition) is 0. The summed E-state index contributed by atoms with van der Waals surface area (Å²) in [7, 11) is 2.19. The van der Waals surface area contributed by atoms with Crippen LogP contribution in [0.3, 0.4) is 0 Å². The molecule has 7 rings (SSSR count). The second kappa shape index (κ2) is 6.14. The smallest absolute Gasteiger partial charge is 0.0638 e. The number of benzene rings is 3. The summed E-state index contributed by atoms with van der Waals surface area (Å²) in [5.41, 5.74) is 12.1. The van der Waals surface area contributed by atoms with E-state index in [4.69, 9.17) is 0 Å². The lowest BCUT2D eigenvalue weighted by Gasteiger charge is -2.17. The quantitative estimate of drug-likeness (QED) is 0.277. The Morgan fingerprint density at radius 3 is 2.56 bits per heavy atom. The van der Waals surface area contributed by atoms with Gasteiger partial charge in [-0.25, -0.2) is 0 Å². The zero-order chi connectivity index (χ0) is 21.6. The zero-order valence-corrected chi connectivity index (χ0v) is 18.4. The van der Waals surface area contributed by atoms with Crippen LogP contribution in [-0.4, -0.2) is 8.97 Å². The molecule has 1 aliphatic rings. The third-order valence-electron chi connectivity index (χ3n) is 7.45. The van der Waals surface area contributed by atoms with Crippen molar-refractivity contribution in [1.82, 2.24) is 8.97 Å². The summed E-state index contributed by atoms with van der Waals surface area (Å²) in [4.78, 5) is 0. The molecule has 0 radical (unpaired) electrons. The van der Waals surface area contributed by atoms with E-state index in [2.05, 4.69) is 96.3 Å². The lowest BCUT2D eigenvalue weighted by molar-refractivity contribution is 0.895. The third-order valence-corrected chi connectivity index (χ3v) is 7.45.